The van der Waals surface area contributed by atoms with Crippen LogP contribution in [0.4, 0.5) is 13.2 Å². The van der Waals surface area contributed by atoms with Crippen LogP contribution in [0, 0.1) is 0 Å². The van der Waals surface area contributed by atoms with Crippen molar-refractivity contribution in [1.29, 1.82) is 0 Å². The largest absolute Gasteiger partial charge is 0.459 e. The lowest BCUT2D eigenvalue weighted by molar-refractivity contribution is -0.142. The predicted octanol–water partition coefficient (Wildman–Crippen LogP) is 2.16. The van der Waals surface area contributed by atoms with Crippen LogP contribution in [-0.2, 0) is 22.3 Å². The molecule has 6 heteroatoms. The highest BCUT2D eigenvalue weighted by molar-refractivity contribution is 5.65. The van der Waals surface area contributed by atoms with Crippen molar-refractivity contribution in [3.8, 4) is 0 Å². The van der Waals surface area contributed by atoms with Gasteiger partial charge in [0, 0.05) is 13.1 Å². The van der Waals surface area contributed by atoms with Gasteiger partial charge in [0.1, 0.15) is 6.61 Å². The van der Waals surface area contributed by atoms with Gasteiger partial charge in [0.2, 0.25) is 0 Å². The van der Waals surface area contributed by atoms with Crippen molar-refractivity contribution in [2.45, 2.75) is 19.7 Å². The Bertz CT molecular complexity index is 363. The minimum atomic E-state index is -4.41. The molecule has 82 valence electrons. The first-order chi connectivity index (χ1) is 6.89. The normalized spacial score (nSPS) is 11.2. The van der Waals surface area contributed by atoms with E-state index in [4.69, 9.17) is 0 Å². The lowest BCUT2D eigenvalue weighted by Gasteiger charge is -2.07. The highest BCUT2D eigenvalue weighted by atomic mass is 19.4. The zero-order valence-corrected chi connectivity index (χ0v) is 7.84. The summed E-state index contributed by atoms with van der Waals surface area (Å²) in [6, 6.07) is 1.71. The van der Waals surface area contributed by atoms with Crippen molar-refractivity contribution in [3.63, 3.8) is 0 Å². The van der Waals surface area contributed by atoms with Crippen LogP contribution in [0.25, 0.3) is 0 Å². The van der Waals surface area contributed by atoms with Gasteiger partial charge < -0.3 is 4.74 Å². The Morgan fingerprint density at radius 2 is 2.20 bits per heavy atom. The van der Waals surface area contributed by atoms with Gasteiger partial charge >= 0.3 is 12.1 Å². The summed E-state index contributed by atoms with van der Waals surface area (Å²) in [6.07, 6.45) is -3.38. The summed E-state index contributed by atoms with van der Waals surface area (Å²) in [4.78, 5) is 14.1. The fraction of sp³-hybridized carbons (Fsp3) is 0.333. The third-order valence-electron chi connectivity index (χ3n) is 1.57. The van der Waals surface area contributed by atoms with Crippen LogP contribution >= 0.6 is 0 Å². The monoisotopic (exact) mass is 219 g/mol. The number of hydrogen-bond acceptors (Lipinski definition) is 3. The van der Waals surface area contributed by atoms with E-state index < -0.39 is 17.7 Å². The average Bonchev–Trinajstić information content (AvgIpc) is 2.14. The summed E-state index contributed by atoms with van der Waals surface area (Å²) in [5.74, 6) is -0.561. The van der Waals surface area contributed by atoms with E-state index in [2.05, 4.69) is 9.72 Å². The van der Waals surface area contributed by atoms with Crippen LogP contribution in [0.5, 0.6) is 0 Å². The van der Waals surface area contributed by atoms with Crippen LogP contribution in [-0.4, -0.2) is 11.0 Å². The molecule has 1 heterocycles. The van der Waals surface area contributed by atoms with Crippen LogP contribution in [0.3, 0.4) is 0 Å². The Labute approximate surface area is 83.9 Å². The summed E-state index contributed by atoms with van der Waals surface area (Å²) in [7, 11) is 0. The van der Waals surface area contributed by atoms with Crippen molar-refractivity contribution in [2.24, 2.45) is 0 Å². The standard InChI is InChI=1S/C9H8F3NO2/c1-6(14)15-5-8-4-7(2-3-13-8)9(10,11)12/h2-4H,5H2,1H3. The SMILES string of the molecule is CC(=O)OCc1cc(C(F)(F)F)ccn1. The van der Waals surface area contributed by atoms with Crippen LogP contribution < -0.4 is 0 Å². The number of nitrogens with zero attached hydrogens (tertiary/aromatic N) is 1. The number of esters is 1. The molecule has 1 aromatic rings. The first-order valence-electron chi connectivity index (χ1n) is 4.05. The van der Waals surface area contributed by atoms with Gasteiger partial charge in [-0.15, -0.1) is 0 Å². The first-order valence-corrected chi connectivity index (χ1v) is 4.05. The first kappa shape index (κ1) is 11.5. The molecular formula is C9H8F3NO2. The molecule has 0 N–H and O–H groups in total. The van der Waals surface area contributed by atoms with E-state index in [1.807, 2.05) is 0 Å². The van der Waals surface area contributed by atoms with E-state index >= 15 is 0 Å². The number of carbonyl (C=O) groups is 1. The smallest absolute Gasteiger partial charge is 0.416 e. The van der Waals surface area contributed by atoms with Gasteiger partial charge in [0.25, 0.3) is 0 Å². The molecule has 0 aliphatic heterocycles. The maximum absolute atomic E-state index is 12.2. The van der Waals surface area contributed by atoms with Crippen molar-refractivity contribution in [3.05, 3.63) is 29.6 Å². The number of rotatable bonds is 2. The average molecular weight is 219 g/mol. The van der Waals surface area contributed by atoms with Gasteiger partial charge in [-0.2, -0.15) is 13.2 Å². The third-order valence-corrected chi connectivity index (χ3v) is 1.57. The van der Waals surface area contributed by atoms with Crippen molar-refractivity contribution in [2.75, 3.05) is 0 Å². The quantitative estimate of drug-likeness (QED) is 0.715. The third kappa shape index (κ3) is 3.57. The Balaban J connectivity index is 2.79. The van der Waals surface area contributed by atoms with Gasteiger partial charge in [-0.3, -0.25) is 9.78 Å². The number of alkyl halides is 3. The van der Waals surface area contributed by atoms with E-state index in [1.54, 1.807) is 0 Å². The van der Waals surface area contributed by atoms with Crippen LogP contribution in [0.1, 0.15) is 18.2 Å². The van der Waals surface area contributed by atoms with Crippen molar-refractivity contribution < 1.29 is 22.7 Å². The summed E-state index contributed by atoms with van der Waals surface area (Å²) >= 11 is 0. The zero-order chi connectivity index (χ0) is 11.5. The number of halogens is 3. The fourth-order valence-electron chi connectivity index (χ4n) is 0.909. The predicted molar refractivity (Wildman–Crippen MR) is 44.7 cm³/mol. The second-order valence-corrected chi connectivity index (χ2v) is 2.81. The molecule has 0 amide bonds. The highest BCUT2D eigenvalue weighted by Crippen LogP contribution is 2.28. The summed E-state index contributed by atoms with van der Waals surface area (Å²) in [5.41, 5.74) is -0.736. The summed E-state index contributed by atoms with van der Waals surface area (Å²) in [5, 5.41) is 0. The number of pyridine rings is 1. The molecular weight excluding hydrogens is 211 g/mol. The maximum atomic E-state index is 12.2. The summed E-state index contributed by atoms with van der Waals surface area (Å²) in [6.45, 7) is 0.923. The van der Waals surface area contributed by atoms with Gasteiger partial charge in [-0.25, -0.2) is 0 Å². The minimum Gasteiger partial charge on any atom is -0.459 e. The molecule has 0 saturated heterocycles. The topological polar surface area (TPSA) is 39.2 Å². The highest BCUT2D eigenvalue weighted by Gasteiger charge is 2.30. The minimum absolute atomic E-state index is 0.0695. The molecule has 0 saturated carbocycles. The maximum Gasteiger partial charge on any atom is 0.416 e. The van der Waals surface area contributed by atoms with E-state index in [1.165, 1.54) is 6.92 Å². The Hall–Kier alpha value is -1.59. The zero-order valence-electron chi connectivity index (χ0n) is 7.84. The second-order valence-electron chi connectivity index (χ2n) is 2.81. The molecule has 0 aromatic carbocycles. The van der Waals surface area contributed by atoms with E-state index in [-0.39, 0.29) is 12.3 Å². The van der Waals surface area contributed by atoms with Crippen LogP contribution in [0.2, 0.25) is 0 Å². The number of carbonyl (C=O) groups excluding carboxylic acids is 1. The molecule has 0 radical (unpaired) electrons. The van der Waals surface area contributed by atoms with E-state index in [9.17, 15) is 18.0 Å². The Kier molecular flexibility index (Phi) is 3.28. The van der Waals surface area contributed by atoms with Crippen molar-refractivity contribution >= 4 is 5.97 Å². The molecule has 0 bridgehead atoms. The molecule has 15 heavy (non-hydrogen) atoms. The van der Waals surface area contributed by atoms with Gasteiger partial charge in [-0.05, 0) is 12.1 Å². The van der Waals surface area contributed by atoms with Crippen molar-refractivity contribution in [1.82, 2.24) is 4.98 Å². The van der Waals surface area contributed by atoms with Gasteiger partial charge in [0.05, 0.1) is 11.3 Å². The van der Waals surface area contributed by atoms with Gasteiger partial charge in [-0.1, -0.05) is 0 Å². The molecule has 0 aliphatic carbocycles. The second kappa shape index (κ2) is 4.29. The molecule has 0 fully saturated rings. The Morgan fingerprint density at radius 1 is 1.53 bits per heavy atom. The van der Waals surface area contributed by atoms with E-state index in [0.717, 1.165) is 18.3 Å². The summed E-state index contributed by atoms with van der Waals surface area (Å²) < 4.78 is 41.2. The number of ether oxygens (including phenoxy) is 1. The fourth-order valence-corrected chi connectivity index (χ4v) is 0.909. The van der Waals surface area contributed by atoms with Crippen LogP contribution in [0.15, 0.2) is 18.3 Å². The lowest BCUT2D eigenvalue weighted by atomic mass is 10.2. The number of aromatic nitrogens is 1. The molecule has 1 aromatic heterocycles. The molecule has 0 aliphatic rings. The molecule has 1 rings (SSSR count). The molecule has 0 atom stereocenters. The van der Waals surface area contributed by atoms with Gasteiger partial charge in [0.15, 0.2) is 0 Å². The molecule has 0 spiro atoms. The lowest BCUT2D eigenvalue weighted by Crippen LogP contribution is -2.07. The van der Waals surface area contributed by atoms with E-state index in [0.29, 0.717) is 0 Å². The molecule has 0 unspecified atom stereocenters. The Morgan fingerprint density at radius 3 is 2.73 bits per heavy atom. The molecule has 3 nitrogen and oxygen atoms in total. The number of hydrogen-bond donors (Lipinski definition) is 0.